The highest BCUT2D eigenvalue weighted by molar-refractivity contribution is 8.18. The number of carbonyl (C=O) groups is 1. The maximum Gasteiger partial charge on any atom is 0.266 e. The number of rotatable bonds is 6. The number of carbonyl (C=O) groups excluding carboxylic acids is 1. The molecule has 146 valence electrons. The van der Waals surface area contributed by atoms with Crippen LogP contribution in [0.15, 0.2) is 52.4 Å². The summed E-state index contributed by atoms with van der Waals surface area (Å²) in [4.78, 5) is 19.5. The maximum absolute atomic E-state index is 12.7. The molecule has 0 radical (unpaired) electrons. The molecule has 1 heterocycles. The Labute approximate surface area is 170 Å². The molecule has 1 aliphatic rings. The normalized spacial score (nSPS) is 16.9. The van der Waals surface area contributed by atoms with Crippen molar-refractivity contribution in [3.05, 3.63) is 58.5 Å². The van der Waals surface area contributed by atoms with Gasteiger partial charge in [-0.15, -0.1) is 0 Å². The van der Waals surface area contributed by atoms with Crippen molar-refractivity contribution in [2.45, 2.75) is 20.3 Å². The summed E-state index contributed by atoms with van der Waals surface area (Å²) in [5.74, 6) is 1.22. The van der Waals surface area contributed by atoms with E-state index in [2.05, 4.69) is 4.99 Å². The molecule has 0 unspecified atom stereocenters. The molecular formula is C22H24N2O3S. The number of nitrogens with zero attached hydrogens (tertiary/aromatic N) is 2. The zero-order valence-corrected chi connectivity index (χ0v) is 17.4. The first-order valence-electron chi connectivity index (χ1n) is 9.16. The van der Waals surface area contributed by atoms with Crippen LogP contribution in [0.5, 0.6) is 11.5 Å². The molecule has 28 heavy (non-hydrogen) atoms. The zero-order valence-electron chi connectivity index (χ0n) is 16.6. The van der Waals surface area contributed by atoms with Gasteiger partial charge in [0.1, 0.15) is 0 Å². The predicted molar refractivity (Wildman–Crippen MR) is 115 cm³/mol. The van der Waals surface area contributed by atoms with Gasteiger partial charge in [-0.25, -0.2) is 4.99 Å². The average molecular weight is 397 g/mol. The Morgan fingerprint density at radius 1 is 1.18 bits per heavy atom. The Hall–Kier alpha value is -2.73. The van der Waals surface area contributed by atoms with Gasteiger partial charge in [0.2, 0.25) is 0 Å². The van der Waals surface area contributed by atoms with Crippen LogP contribution in [0.2, 0.25) is 0 Å². The van der Waals surface area contributed by atoms with E-state index < -0.39 is 0 Å². The summed E-state index contributed by atoms with van der Waals surface area (Å²) < 4.78 is 11.3. The summed E-state index contributed by atoms with van der Waals surface area (Å²) in [6.45, 7) is 4.66. The summed E-state index contributed by atoms with van der Waals surface area (Å²) in [5.41, 5.74) is 2.81. The quantitative estimate of drug-likeness (QED) is 0.643. The lowest BCUT2D eigenvalue weighted by molar-refractivity contribution is -0.121. The number of amidine groups is 1. The van der Waals surface area contributed by atoms with Crippen molar-refractivity contribution in [2.24, 2.45) is 4.99 Å². The third-order valence-corrected chi connectivity index (χ3v) is 5.29. The molecule has 0 atom stereocenters. The van der Waals surface area contributed by atoms with Gasteiger partial charge < -0.3 is 9.47 Å². The van der Waals surface area contributed by atoms with Crippen LogP contribution in [0, 0.1) is 6.92 Å². The zero-order chi connectivity index (χ0) is 20.1. The molecule has 0 spiro atoms. The second-order valence-corrected chi connectivity index (χ2v) is 7.44. The third-order valence-electron chi connectivity index (χ3n) is 4.23. The topological polar surface area (TPSA) is 51.1 Å². The molecule has 5 nitrogen and oxygen atoms in total. The minimum atomic E-state index is -0.0832. The molecule has 3 rings (SSSR count). The SMILES string of the molecule is CCCOc1c(/C=C2/SC(=Nc3ccc(C)cc3)N(C)C2=O)cccc1OC. The first-order chi connectivity index (χ1) is 13.5. The summed E-state index contributed by atoms with van der Waals surface area (Å²) in [5, 5.41) is 0.652. The molecule has 2 aromatic carbocycles. The highest BCUT2D eigenvalue weighted by Crippen LogP contribution is 2.37. The van der Waals surface area contributed by atoms with Crippen LogP contribution in [0.1, 0.15) is 24.5 Å². The van der Waals surface area contributed by atoms with Crippen molar-refractivity contribution >= 4 is 34.6 Å². The molecule has 1 amide bonds. The number of amides is 1. The van der Waals surface area contributed by atoms with E-state index in [-0.39, 0.29) is 5.91 Å². The molecule has 2 aromatic rings. The summed E-state index contributed by atoms with van der Waals surface area (Å²) in [6.07, 6.45) is 2.73. The second kappa shape index (κ2) is 8.97. The van der Waals surface area contributed by atoms with Crippen LogP contribution in [-0.2, 0) is 4.79 Å². The van der Waals surface area contributed by atoms with Crippen molar-refractivity contribution < 1.29 is 14.3 Å². The number of hydrogen-bond acceptors (Lipinski definition) is 5. The van der Waals surface area contributed by atoms with E-state index in [1.165, 1.54) is 17.3 Å². The first-order valence-corrected chi connectivity index (χ1v) is 9.98. The Morgan fingerprint density at radius 3 is 2.61 bits per heavy atom. The smallest absolute Gasteiger partial charge is 0.266 e. The lowest BCUT2D eigenvalue weighted by Gasteiger charge is -2.13. The number of aryl methyl sites for hydroxylation is 1. The monoisotopic (exact) mass is 396 g/mol. The van der Waals surface area contributed by atoms with E-state index >= 15 is 0 Å². The molecule has 0 aromatic heterocycles. The van der Waals surface area contributed by atoms with E-state index in [0.717, 1.165) is 17.7 Å². The van der Waals surface area contributed by atoms with E-state index in [0.29, 0.717) is 28.2 Å². The van der Waals surface area contributed by atoms with Gasteiger partial charge in [-0.05, 0) is 49.4 Å². The second-order valence-electron chi connectivity index (χ2n) is 6.43. The summed E-state index contributed by atoms with van der Waals surface area (Å²) in [6, 6.07) is 13.6. The molecule has 0 aliphatic carbocycles. The maximum atomic E-state index is 12.7. The van der Waals surface area contributed by atoms with E-state index in [4.69, 9.17) is 9.47 Å². The van der Waals surface area contributed by atoms with Gasteiger partial charge >= 0.3 is 0 Å². The van der Waals surface area contributed by atoms with Gasteiger partial charge in [-0.1, -0.05) is 36.8 Å². The number of likely N-dealkylation sites (N-methyl/N-ethyl adjacent to an activating group) is 1. The summed E-state index contributed by atoms with van der Waals surface area (Å²) in [7, 11) is 3.35. The van der Waals surface area contributed by atoms with Crippen LogP contribution in [-0.4, -0.2) is 36.7 Å². The van der Waals surface area contributed by atoms with Crippen molar-refractivity contribution in [3.8, 4) is 11.5 Å². The third kappa shape index (κ3) is 4.39. The number of para-hydroxylation sites is 1. The largest absolute Gasteiger partial charge is 0.493 e. The fraction of sp³-hybridized carbons (Fsp3) is 0.273. The number of methoxy groups -OCH3 is 1. The fourth-order valence-corrected chi connectivity index (χ4v) is 3.67. The molecule has 0 bridgehead atoms. The Morgan fingerprint density at radius 2 is 1.93 bits per heavy atom. The van der Waals surface area contributed by atoms with Crippen molar-refractivity contribution in [1.29, 1.82) is 0 Å². The van der Waals surface area contributed by atoms with Crippen LogP contribution < -0.4 is 9.47 Å². The predicted octanol–water partition coefficient (Wildman–Crippen LogP) is 5.03. The van der Waals surface area contributed by atoms with E-state index in [1.807, 2.05) is 62.4 Å². The molecule has 0 saturated carbocycles. The van der Waals surface area contributed by atoms with Crippen LogP contribution >= 0.6 is 11.8 Å². The minimum Gasteiger partial charge on any atom is -0.493 e. The van der Waals surface area contributed by atoms with Gasteiger partial charge in [-0.3, -0.25) is 9.69 Å². The molecule has 1 saturated heterocycles. The number of hydrogen-bond donors (Lipinski definition) is 0. The van der Waals surface area contributed by atoms with Crippen molar-refractivity contribution in [2.75, 3.05) is 20.8 Å². The average Bonchev–Trinajstić information content (AvgIpc) is 2.96. The standard InChI is InChI=1S/C22H24N2O3S/c1-5-13-27-20-16(7-6-8-18(20)26-4)14-19-21(25)24(3)22(28-19)23-17-11-9-15(2)10-12-17/h6-12,14H,5,13H2,1-4H3/b19-14+,23-22?. The van der Waals surface area contributed by atoms with Gasteiger partial charge in [0.25, 0.3) is 5.91 Å². The van der Waals surface area contributed by atoms with E-state index in [1.54, 1.807) is 19.1 Å². The Balaban J connectivity index is 1.93. The highest BCUT2D eigenvalue weighted by Gasteiger charge is 2.30. The first kappa shape index (κ1) is 20.0. The number of thioether (sulfide) groups is 1. The van der Waals surface area contributed by atoms with Crippen LogP contribution in [0.25, 0.3) is 6.08 Å². The van der Waals surface area contributed by atoms with Crippen LogP contribution in [0.4, 0.5) is 5.69 Å². The van der Waals surface area contributed by atoms with E-state index in [9.17, 15) is 4.79 Å². The van der Waals surface area contributed by atoms with Crippen LogP contribution in [0.3, 0.4) is 0 Å². The van der Waals surface area contributed by atoms with Gasteiger partial charge in [0.05, 0.1) is 24.3 Å². The molecule has 6 heteroatoms. The molecular weight excluding hydrogens is 372 g/mol. The number of benzene rings is 2. The lowest BCUT2D eigenvalue weighted by atomic mass is 10.1. The van der Waals surface area contributed by atoms with Gasteiger partial charge in [0, 0.05) is 12.6 Å². The fourth-order valence-electron chi connectivity index (χ4n) is 2.69. The lowest BCUT2D eigenvalue weighted by Crippen LogP contribution is -2.23. The van der Waals surface area contributed by atoms with Crippen molar-refractivity contribution in [1.82, 2.24) is 4.90 Å². The van der Waals surface area contributed by atoms with Gasteiger partial charge in [0.15, 0.2) is 16.7 Å². The molecule has 1 aliphatic heterocycles. The summed E-state index contributed by atoms with van der Waals surface area (Å²) >= 11 is 1.36. The number of ether oxygens (including phenoxy) is 2. The molecule has 0 N–H and O–H groups in total. The number of aliphatic imine (C=N–C) groups is 1. The Kier molecular flexibility index (Phi) is 6.41. The highest BCUT2D eigenvalue weighted by atomic mass is 32.2. The minimum absolute atomic E-state index is 0.0832. The molecule has 1 fully saturated rings. The Bertz CT molecular complexity index is 920. The van der Waals surface area contributed by atoms with Gasteiger partial charge in [-0.2, -0.15) is 0 Å². The van der Waals surface area contributed by atoms with Crippen molar-refractivity contribution in [3.63, 3.8) is 0 Å².